The van der Waals surface area contributed by atoms with Gasteiger partial charge in [-0.1, -0.05) is 29.4 Å². The van der Waals surface area contributed by atoms with Gasteiger partial charge in [0.05, 0.1) is 11.2 Å². The van der Waals surface area contributed by atoms with Crippen molar-refractivity contribution in [1.82, 2.24) is 0 Å². The molecule has 1 saturated heterocycles. The number of carbonyl (C=O) groups excluding carboxylic acids is 1. The van der Waals surface area contributed by atoms with Crippen molar-refractivity contribution >= 4 is 41.7 Å². The third-order valence-electron chi connectivity index (χ3n) is 4.26. The molecule has 1 aromatic carbocycles. The zero-order valence-corrected chi connectivity index (χ0v) is 16.1. The van der Waals surface area contributed by atoms with E-state index in [-0.39, 0.29) is 10.9 Å². The van der Waals surface area contributed by atoms with E-state index in [1.807, 2.05) is 33.8 Å². The summed E-state index contributed by atoms with van der Waals surface area (Å²) in [5, 5.41) is 10.2. The molecule has 1 aliphatic heterocycles. The van der Waals surface area contributed by atoms with Gasteiger partial charge < -0.3 is 14.4 Å². The maximum atomic E-state index is 11.4. The lowest BCUT2D eigenvalue weighted by Gasteiger charge is -2.32. The summed E-state index contributed by atoms with van der Waals surface area (Å²) in [6.07, 6.45) is 1.85. The molecule has 0 bridgehead atoms. The number of hydrogen-bond acceptors (Lipinski definition) is 5. The largest absolute Gasteiger partial charge is 0.508 e. The topological polar surface area (TPSA) is 55.8 Å². The van der Waals surface area contributed by atoms with Crippen LogP contribution in [0.4, 0.5) is 0 Å². The van der Waals surface area contributed by atoms with Gasteiger partial charge in [-0.2, -0.15) is 0 Å². The highest BCUT2D eigenvalue weighted by molar-refractivity contribution is 8.13. The van der Waals surface area contributed by atoms with Crippen LogP contribution in [0, 0.1) is 0 Å². The molecule has 1 aliphatic rings. The molecule has 2 rings (SSSR count). The number of halogens is 1. The molecule has 0 aromatic heterocycles. The Balaban J connectivity index is 2.35. The molecule has 130 valence electrons. The van der Waals surface area contributed by atoms with Crippen molar-refractivity contribution in [2.45, 2.75) is 45.8 Å². The molecule has 4 nitrogen and oxygen atoms in total. The van der Waals surface area contributed by atoms with Gasteiger partial charge in [0.15, 0.2) is 5.12 Å². The maximum Gasteiger partial charge on any atom is 0.491 e. The molecule has 7 heteroatoms. The predicted molar refractivity (Wildman–Crippen MR) is 100 cm³/mol. The third-order valence-corrected chi connectivity index (χ3v) is 5.36. The minimum absolute atomic E-state index is 0.0198. The van der Waals surface area contributed by atoms with E-state index in [0.717, 1.165) is 11.0 Å². The normalized spacial score (nSPS) is 19.6. The van der Waals surface area contributed by atoms with Crippen molar-refractivity contribution in [3.63, 3.8) is 0 Å². The van der Waals surface area contributed by atoms with Gasteiger partial charge in [-0.05, 0) is 56.9 Å². The van der Waals surface area contributed by atoms with E-state index < -0.39 is 18.3 Å². The first-order chi connectivity index (χ1) is 11.0. The average molecular weight is 369 g/mol. The Kier molecular flexibility index (Phi) is 5.75. The molecule has 0 unspecified atom stereocenters. The molecule has 0 aliphatic carbocycles. The Hall–Kier alpha value is -0.945. The smallest absolute Gasteiger partial charge is 0.491 e. The lowest BCUT2D eigenvalue weighted by atomic mass is 9.78. The average Bonchev–Trinajstić information content (AvgIpc) is 2.62. The zero-order chi connectivity index (χ0) is 18.1. The Bertz CT molecular complexity index is 636. The van der Waals surface area contributed by atoms with Crippen molar-refractivity contribution in [1.29, 1.82) is 0 Å². The van der Waals surface area contributed by atoms with Gasteiger partial charge in [-0.15, -0.1) is 0 Å². The summed E-state index contributed by atoms with van der Waals surface area (Å²) in [4.78, 5) is 11.4. The van der Waals surface area contributed by atoms with Crippen molar-refractivity contribution < 1.29 is 19.2 Å². The van der Waals surface area contributed by atoms with Gasteiger partial charge in [0.25, 0.3) is 0 Å². The van der Waals surface area contributed by atoms with Crippen LogP contribution in [0.2, 0.25) is 5.02 Å². The number of thioether (sulfide) groups is 1. The number of phenolic OH excluding ortho intramolecular Hbond substituents is 1. The summed E-state index contributed by atoms with van der Waals surface area (Å²) in [5.74, 6) is 0.528. The van der Waals surface area contributed by atoms with Crippen molar-refractivity contribution in [3.8, 4) is 5.75 Å². The molecule has 0 atom stereocenters. The number of carbonyl (C=O) groups is 1. The van der Waals surface area contributed by atoms with Crippen LogP contribution < -0.4 is 0 Å². The maximum absolute atomic E-state index is 11.4. The van der Waals surface area contributed by atoms with Crippen molar-refractivity contribution in [2.75, 3.05) is 5.75 Å². The Morgan fingerprint density at radius 3 is 2.33 bits per heavy atom. The molecular formula is C17H22BClO4S. The standard InChI is InChI=1S/C17H22BClO4S/c1-11(20)24-10-13(6-12-7-14(19)9-15(21)8-12)18-22-16(2,3)17(4,5)23-18/h6-9,21H,10H2,1-5H3. The molecule has 1 heterocycles. The summed E-state index contributed by atoms with van der Waals surface area (Å²) >= 11 is 7.19. The predicted octanol–water partition coefficient (Wildman–Crippen LogP) is 4.34. The van der Waals surface area contributed by atoms with Crippen LogP contribution in [-0.2, 0) is 14.1 Å². The molecular weight excluding hydrogens is 347 g/mol. The molecule has 0 amide bonds. The number of phenols is 1. The van der Waals surface area contributed by atoms with E-state index in [0.29, 0.717) is 10.8 Å². The molecule has 24 heavy (non-hydrogen) atoms. The van der Waals surface area contributed by atoms with Crippen LogP contribution in [0.15, 0.2) is 23.7 Å². The SMILES string of the molecule is CC(=O)SCC(=Cc1cc(O)cc(Cl)c1)B1OC(C)(C)C(C)(C)O1. The van der Waals surface area contributed by atoms with Crippen LogP contribution >= 0.6 is 23.4 Å². The van der Waals surface area contributed by atoms with Gasteiger partial charge in [-0.25, -0.2) is 0 Å². The van der Waals surface area contributed by atoms with E-state index in [1.54, 1.807) is 12.1 Å². The fourth-order valence-corrected chi connectivity index (χ4v) is 3.08. The number of hydrogen-bond donors (Lipinski definition) is 1. The minimum Gasteiger partial charge on any atom is -0.508 e. The number of rotatable bonds is 4. The summed E-state index contributed by atoms with van der Waals surface area (Å²) in [7, 11) is -0.553. The first kappa shape index (κ1) is 19.4. The molecule has 1 fully saturated rings. The van der Waals surface area contributed by atoms with Crippen molar-refractivity contribution in [3.05, 3.63) is 34.3 Å². The van der Waals surface area contributed by atoms with E-state index in [4.69, 9.17) is 20.9 Å². The van der Waals surface area contributed by atoms with Gasteiger partial charge >= 0.3 is 7.12 Å². The second-order valence-electron chi connectivity index (χ2n) is 6.83. The summed E-state index contributed by atoms with van der Waals surface area (Å²) < 4.78 is 12.2. The van der Waals surface area contributed by atoms with Gasteiger partial charge in [-0.3, -0.25) is 4.79 Å². The monoisotopic (exact) mass is 368 g/mol. The highest BCUT2D eigenvalue weighted by Gasteiger charge is 2.52. The van der Waals surface area contributed by atoms with Crippen LogP contribution in [0.25, 0.3) is 6.08 Å². The third kappa shape index (κ3) is 4.57. The van der Waals surface area contributed by atoms with Crippen LogP contribution in [0.3, 0.4) is 0 Å². The zero-order valence-electron chi connectivity index (χ0n) is 14.6. The second-order valence-corrected chi connectivity index (χ2v) is 8.42. The summed E-state index contributed by atoms with van der Waals surface area (Å²) in [5.41, 5.74) is 0.617. The first-order valence-corrected chi connectivity index (χ1v) is 9.05. The Morgan fingerprint density at radius 1 is 1.25 bits per heavy atom. The van der Waals surface area contributed by atoms with E-state index >= 15 is 0 Å². The second kappa shape index (κ2) is 7.12. The molecule has 1 aromatic rings. The highest BCUT2D eigenvalue weighted by atomic mass is 35.5. The lowest BCUT2D eigenvalue weighted by molar-refractivity contribution is -0.109. The summed E-state index contributed by atoms with van der Waals surface area (Å²) in [6.45, 7) is 9.45. The fourth-order valence-electron chi connectivity index (χ4n) is 2.25. The van der Waals surface area contributed by atoms with Crippen molar-refractivity contribution in [2.24, 2.45) is 0 Å². The van der Waals surface area contributed by atoms with Gasteiger partial charge in [0, 0.05) is 17.7 Å². The van der Waals surface area contributed by atoms with E-state index in [9.17, 15) is 9.90 Å². The Morgan fingerprint density at radius 2 is 1.83 bits per heavy atom. The quantitative estimate of drug-likeness (QED) is 0.801. The fraction of sp³-hybridized carbons (Fsp3) is 0.471. The minimum atomic E-state index is -0.553. The number of aromatic hydroxyl groups is 1. The van der Waals surface area contributed by atoms with Crippen LogP contribution in [-0.4, -0.2) is 34.3 Å². The van der Waals surface area contributed by atoms with E-state index in [1.165, 1.54) is 24.8 Å². The molecule has 0 radical (unpaired) electrons. The summed E-state index contributed by atoms with van der Waals surface area (Å²) in [6, 6.07) is 4.82. The van der Waals surface area contributed by atoms with Gasteiger partial charge in [0.2, 0.25) is 0 Å². The van der Waals surface area contributed by atoms with Crippen LogP contribution in [0.1, 0.15) is 40.2 Å². The molecule has 1 N–H and O–H groups in total. The highest BCUT2D eigenvalue weighted by Crippen LogP contribution is 2.39. The van der Waals surface area contributed by atoms with E-state index in [2.05, 4.69) is 0 Å². The molecule has 0 spiro atoms. The van der Waals surface area contributed by atoms with Crippen LogP contribution in [0.5, 0.6) is 5.75 Å². The first-order valence-electron chi connectivity index (χ1n) is 7.69. The number of benzene rings is 1. The molecule has 0 saturated carbocycles. The Labute approximate surface area is 152 Å². The lowest BCUT2D eigenvalue weighted by Crippen LogP contribution is -2.41. The van der Waals surface area contributed by atoms with Gasteiger partial charge in [0.1, 0.15) is 5.75 Å².